The molecule has 31 heavy (non-hydrogen) atoms. The Bertz CT molecular complexity index is 1160. The van der Waals surface area contributed by atoms with Crippen LogP contribution in [0.15, 0.2) is 53.3 Å². The van der Waals surface area contributed by atoms with Crippen molar-refractivity contribution in [1.82, 2.24) is 9.78 Å². The molecule has 8 heteroatoms. The SMILES string of the molecule is CCCCn1nc(C(=O)O[C@H](C)C(=O)Nc2ccccc2OC)c2ccccc2c1=O. The van der Waals surface area contributed by atoms with Crippen LogP contribution in [-0.4, -0.2) is 34.9 Å². The Morgan fingerprint density at radius 3 is 2.48 bits per heavy atom. The normalized spacial score (nSPS) is 11.7. The van der Waals surface area contributed by atoms with Crippen molar-refractivity contribution < 1.29 is 19.1 Å². The maximum Gasteiger partial charge on any atom is 0.360 e. The van der Waals surface area contributed by atoms with E-state index >= 15 is 0 Å². The topological polar surface area (TPSA) is 99.5 Å². The van der Waals surface area contributed by atoms with Crippen molar-refractivity contribution in [2.45, 2.75) is 39.3 Å². The van der Waals surface area contributed by atoms with Gasteiger partial charge < -0.3 is 14.8 Å². The number of rotatable bonds is 8. The number of para-hydroxylation sites is 2. The molecule has 0 radical (unpaired) electrons. The Labute approximate surface area is 179 Å². The summed E-state index contributed by atoms with van der Waals surface area (Å²) in [6.45, 7) is 3.87. The Morgan fingerprint density at radius 2 is 1.77 bits per heavy atom. The lowest BCUT2D eigenvalue weighted by atomic mass is 10.1. The lowest BCUT2D eigenvalue weighted by molar-refractivity contribution is -0.123. The van der Waals surface area contributed by atoms with E-state index < -0.39 is 18.0 Å². The van der Waals surface area contributed by atoms with Crippen LogP contribution in [0.5, 0.6) is 5.75 Å². The number of nitrogens with one attached hydrogen (secondary N) is 1. The standard InChI is InChI=1S/C23H25N3O5/c1-4-5-14-26-22(28)17-11-7-6-10-16(17)20(25-26)23(29)31-15(2)21(27)24-18-12-8-9-13-19(18)30-3/h6-13,15H,4-5,14H2,1-3H3,(H,24,27)/t15-/m1/s1. The number of hydrogen-bond acceptors (Lipinski definition) is 6. The molecule has 1 heterocycles. The quantitative estimate of drug-likeness (QED) is 0.558. The smallest absolute Gasteiger partial charge is 0.360 e. The average Bonchev–Trinajstić information content (AvgIpc) is 2.79. The van der Waals surface area contributed by atoms with Crippen LogP contribution in [-0.2, 0) is 16.1 Å². The van der Waals surface area contributed by atoms with E-state index in [0.29, 0.717) is 28.8 Å². The number of benzene rings is 2. The van der Waals surface area contributed by atoms with Gasteiger partial charge in [0, 0.05) is 11.9 Å². The first-order chi connectivity index (χ1) is 15.0. The molecule has 1 aromatic heterocycles. The second kappa shape index (κ2) is 9.88. The number of fused-ring (bicyclic) bond motifs is 1. The Hall–Kier alpha value is -3.68. The zero-order valence-corrected chi connectivity index (χ0v) is 17.8. The molecule has 0 aliphatic carbocycles. The van der Waals surface area contributed by atoms with Gasteiger partial charge in [-0.2, -0.15) is 5.10 Å². The number of amides is 1. The summed E-state index contributed by atoms with van der Waals surface area (Å²) in [4.78, 5) is 38.1. The summed E-state index contributed by atoms with van der Waals surface area (Å²) in [6, 6.07) is 13.7. The van der Waals surface area contributed by atoms with E-state index in [0.717, 1.165) is 12.8 Å². The van der Waals surface area contributed by atoms with Crippen molar-refractivity contribution in [1.29, 1.82) is 0 Å². The molecule has 0 bridgehead atoms. The fourth-order valence-electron chi connectivity index (χ4n) is 3.10. The molecule has 0 aliphatic heterocycles. The minimum absolute atomic E-state index is 0.00300. The Kier molecular flexibility index (Phi) is 7.02. The lowest BCUT2D eigenvalue weighted by Gasteiger charge is -2.16. The van der Waals surface area contributed by atoms with Gasteiger partial charge in [0.25, 0.3) is 11.5 Å². The van der Waals surface area contributed by atoms with Crippen molar-refractivity contribution in [2.24, 2.45) is 0 Å². The fourth-order valence-corrected chi connectivity index (χ4v) is 3.10. The molecule has 1 N–H and O–H groups in total. The number of esters is 1. The second-order valence-corrected chi connectivity index (χ2v) is 7.01. The molecule has 2 aromatic carbocycles. The zero-order valence-electron chi connectivity index (χ0n) is 17.8. The largest absolute Gasteiger partial charge is 0.495 e. The maximum atomic E-state index is 12.9. The van der Waals surface area contributed by atoms with Gasteiger partial charge in [-0.05, 0) is 31.5 Å². The summed E-state index contributed by atoms with van der Waals surface area (Å²) in [5.41, 5.74) is 0.209. The van der Waals surface area contributed by atoms with E-state index in [1.165, 1.54) is 18.7 Å². The van der Waals surface area contributed by atoms with Crippen LogP contribution in [0.3, 0.4) is 0 Å². The number of aryl methyl sites for hydroxylation is 1. The number of nitrogens with zero attached hydrogens (tertiary/aromatic N) is 2. The molecule has 3 rings (SSSR count). The van der Waals surface area contributed by atoms with Gasteiger partial charge in [0.2, 0.25) is 0 Å². The van der Waals surface area contributed by atoms with Crippen LogP contribution < -0.4 is 15.6 Å². The molecule has 0 unspecified atom stereocenters. The molecule has 0 spiro atoms. The van der Waals surface area contributed by atoms with E-state index in [1.807, 2.05) is 6.92 Å². The van der Waals surface area contributed by atoms with Crippen molar-refractivity contribution in [3.05, 3.63) is 64.6 Å². The number of aromatic nitrogens is 2. The summed E-state index contributed by atoms with van der Waals surface area (Å²) < 4.78 is 11.9. The van der Waals surface area contributed by atoms with Gasteiger partial charge in [-0.15, -0.1) is 0 Å². The van der Waals surface area contributed by atoms with Crippen molar-refractivity contribution in [3.8, 4) is 5.75 Å². The molecular formula is C23H25N3O5. The summed E-state index contributed by atoms with van der Waals surface area (Å²) in [6.07, 6.45) is 0.534. The third kappa shape index (κ3) is 4.91. The van der Waals surface area contributed by atoms with Gasteiger partial charge in [0.15, 0.2) is 11.8 Å². The summed E-state index contributed by atoms with van der Waals surface area (Å²) in [5, 5.41) is 7.70. The molecule has 8 nitrogen and oxygen atoms in total. The molecule has 0 fully saturated rings. The van der Waals surface area contributed by atoms with Crippen LogP contribution >= 0.6 is 0 Å². The van der Waals surface area contributed by atoms with Gasteiger partial charge in [-0.1, -0.05) is 43.7 Å². The molecule has 1 amide bonds. The first-order valence-corrected chi connectivity index (χ1v) is 10.1. The highest BCUT2D eigenvalue weighted by molar-refractivity contribution is 6.04. The average molecular weight is 423 g/mol. The molecule has 1 atom stereocenters. The third-order valence-electron chi connectivity index (χ3n) is 4.80. The lowest BCUT2D eigenvalue weighted by Crippen LogP contribution is -2.32. The van der Waals surface area contributed by atoms with Crippen LogP contribution in [0.4, 0.5) is 5.69 Å². The Balaban J connectivity index is 1.84. The van der Waals surface area contributed by atoms with Crippen LogP contribution in [0.2, 0.25) is 0 Å². The third-order valence-corrected chi connectivity index (χ3v) is 4.80. The Morgan fingerprint density at radius 1 is 1.10 bits per heavy atom. The van der Waals surface area contributed by atoms with Gasteiger partial charge in [0.1, 0.15) is 5.75 Å². The zero-order chi connectivity index (χ0) is 22.4. The first-order valence-electron chi connectivity index (χ1n) is 10.1. The van der Waals surface area contributed by atoms with Crippen molar-refractivity contribution in [3.63, 3.8) is 0 Å². The highest BCUT2D eigenvalue weighted by atomic mass is 16.5. The number of methoxy groups -OCH3 is 1. The van der Waals surface area contributed by atoms with Crippen molar-refractivity contribution >= 4 is 28.3 Å². The van der Waals surface area contributed by atoms with Crippen molar-refractivity contribution in [2.75, 3.05) is 12.4 Å². The van der Waals surface area contributed by atoms with Gasteiger partial charge in [-0.25, -0.2) is 9.48 Å². The number of hydrogen-bond donors (Lipinski definition) is 1. The minimum atomic E-state index is -1.09. The number of carbonyl (C=O) groups is 2. The van der Waals surface area contributed by atoms with Crippen LogP contribution in [0.1, 0.15) is 37.2 Å². The monoisotopic (exact) mass is 423 g/mol. The number of unbranched alkanes of at least 4 members (excludes halogenated alkanes) is 1. The maximum absolute atomic E-state index is 12.9. The molecule has 162 valence electrons. The van der Waals surface area contributed by atoms with E-state index in [1.54, 1.807) is 48.5 Å². The minimum Gasteiger partial charge on any atom is -0.495 e. The van der Waals surface area contributed by atoms with E-state index in [-0.39, 0.29) is 11.3 Å². The number of ether oxygens (including phenoxy) is 2. The second-order valence-electron chi connectivity index (χ2n) is 7.01. The van der Waals surface area contributed by atoms with E-state index in [2.05, 4.69) is 10.4 Å². The van der Waals surface area contributed by atoms with Crippen LogP contribution in [0, 0.1) is 0 Å². The predicted molar refractivity (Wildman–Crippen MR) is 117 cm³/mol. The van der Waals surface area contributed by atoms with Crippen LogP contribution in [0.25, 0.3) is 10.8 Å². The van der Waals surface area contributed by atoms with Gasteiger partial charge in [0.05, 0.1) is 18.2 Å². The number of carbonyl (C=O) groups excluding carboxylic acids is 2. The molecular weight excluding hydrogens is 398 g/mol. The highest BCUT2D eigenvalue weighted by Crippen LogP contribution is 2.23. The molecule has 0 saturated heterocycles. The molecule has 3 aromatic rings. The molecule has 0 aliphatic rings. The summed E-state index contributed by atoms with van der Waals surface area (Å²) in [5.74, 6) is -0.796. The predicted octanol–water partition coefficient (Wildman–Crippen LogP) is 3.39. The summed E-state index contributed by atoms with van der Waals surface area (Å²) >= 11 is 0. The first kappa shape index (κ1) is 22.0. The number of anilines is 1. The highest BCUT2D eigenvalue weighted by Gasteiger charge is 2.24. The summed E-state index contributed by atoms with van der Waals surface area (Å²) in [7, 11) is 1.50. The van der Waals surface area contributed by atoms with E-state index in [9.17, 15) is 14.4 Å². The van der Waals surface area contributed by atoms with Gasteiger partial charge >= 0.3 is 5.97 Å². The molecule has 0 saturated carbocycles. The van der Waals surface area contributed by atoms with E-state index in [4.69, 9.17) is 9.47 Å². The van der Waals surface area contributed by atoms with Gasteiger partial charge in [-0.3, -0.25) is 9.59 Å². The fraction of sp³-hybridized carbons (Fsp3) is 0.304.